The molecule has 0 saturated carbocycles. The third kappa shape index (κ3) is 7.04. The van der Waals surface area contributed by atoms with Crippen LogP contribution < -0.4 is 10.7 Å². The zero-order chi connectivity index (χ0) is 18.1. The van der Waals surface area contributed by atoms with Gasteiger partial charge < -0.3 is 5.32 Å². The van der Waals surface area contributed by atoms with E-state index in [4.69, 9.17) is 0 Å². The van der Waals surface area contributed by atoms with Crippen molar-refractivity contribution in [2.75, 3.05) is 5.32 Å². The Morgan fingerprint density at radius 1 is 0.960 bits per heavy atom. The van der Waals surface area contributed by atoms with Crippen LogP contribution in [-0.2, 0) is 9.59 Å². The summed E-state index contributed by atoms with van der Waals surface area (Å²) in [6, 6.07) is 17.2. The minimum atomic E-state index is -0.197. The molecule has 0 heterocycles. The van der Waals surface area contributed by atoms with E-state index in [2.05, 4.69) is 38.4 Å². The molecule has 0 radical (unpaired) electrons. The summed E-state index contributed by atoms with van der Waals surface area (Å²) in [6.45, 7) is 1.84. The molecule has 0 aliphatic carbocycles. The number of halogens is 1. The van der Waals surface area contributed by atoms with E-state index >= 15 is 0 Å². The Kier molecular flexibility index (Phi) is 7.59. The van der Waals surface area contributed by atoms with Gasteiger partial charge in [0.05, 0.1) is 5.71 Å². The standard InChI is InChI=1S/C19H20IN3O2/c1-14(15-6-3-2-4-7-15)22-23-19(25)9-5-8-18(24)21-17-12-10-16(20)11-13-17/h2-4,6-7,10-13H,5,8-9H2,1H3,(H,21,24)(H,23,25)/b22-14+. The fraction of sp³-hybridized carbons (Fsp3) is 0.211. The number of nitrogens with zero attached hydrogens (tertiary/aromatic N) is 1. The summed E-state index contributed by atoms with van der Waals surface area (Å²) >= 11 is 2.21. The van der Waals surface area contributed by atoms with Crippen LogP contribution in [0.5, 0.6) is 0 Å². The molecular weight excluding hydrogens is 429 g/mol. The highest BCUT2D eigenvalue weighted by molar-refractivity contribution is 14.1. The van der Waals surface area contributed by atoms with E-state index in [-0.39, 0.29) is 18.2 Å². The highest BCUT2D eigenvalue weighted by atomic mass is 127. The highest BCUT2D eigenvalue weighted by Gasteiger charge is 2.06. The second-order valence-corrected chi connectivity index (χ2v) is 6.75. The summed E-state index contributed by atoms with van der Waals surface area (Å²) in [5.41, 5.74) is 4.99. The van der Waals surface area contributed by atoms with Crippen LogP contribution in [0.3, 0.4) is 0 Å². The first-order valence-electron chi connectivity index (χ1n) is 7.98. The molecule has 6 heteroatoms. The number of hydrazone groups is 1. The van der Waals surface area contributed by atoms with E-state index in [1.165, 1.54) is 0 Å². The van der Waals surface area contributed by atoms with Crippen LogP contribution in [0.15, 0.2) is 59.7 Å². The van der Waals surface area contributed by atoms with Gasteiger partial charge in [-0.1, -0.05) is 30.3 Å². The number of benzene rings is 2. The molecule has 25 heavy (non-hydrogen) atoms. The maximum atomic E-state index is 11.9. The second-order valence-electron chi connectivity index (χ2n) is 5.51. The van der Waals surface area contributed by atoms with E-state index in [0.717, 1.165) is 20.5 Å². The summed E-state index contributed by atoms with van der Waals surface area (Å²) in [7, 11) is 0. The molecule has 2 N–H and O–H groups in total. The largest absolute Gasteiger partial charge is 0.326 e. The summed E-state index contributed by atoms with van der Waals surface area (Å²) in [6.07, 6.45) is 1.02. The molecular formula is C19H20IN3O2. The monoisotopic (exact) mass is 449 g/mol. The van der Waals surface area contributed by atoms with Crippen LogP contribution in [-0.4, -0.2) is 17.5 Å². The minimum absolute atomic E-state index is 0.0991. The van der Waals surface area contributed by atoms with Gasteiger partial charge in [0.15, 0.2) is 0 Å². The number of hydrogen-bond donors (Lipinski definition) is 2. The summed E-state index contributed by atoms with van der Waals surface area (Å²) < 4.78 is 1.11. The van der Waals surface area contributed by atoms with Gasteiger partial charge in [-0.05, 0) is 65.8 Å². The normalized spacial score (nSPS) is 11.0. The van der Waals surface area contributed by atoms with Crippen molar-refractivity contribution in [3.05, 3.63) is 63.7 Å². The molecule has 0 atom stereocenters. The molecule has 2 aromatic carbocycles. The third-order valence-electron chi connectivity index (χ3n) is 3.48. The van der Waals surface area contributed by atoms with Crippen LogP contribution in [0.2, 0.25) is 0 Å². The predicted molar refractivity (Wildman–Crippen MR) is 108 cm³/mol. The molecule has 0 spiro atoms. The highest BCUT2D eigenvalue weighted by Crippen LogP contribution is 2.11. The average Bonchev–Trinajstić information content (AvgIpc) is 2.62. The summed E-state index contributed by atoms with van der Waals surface area (Å²) in [5.74, 6) is -0.296. The van der Waals surface area contributed by atoms with Crippen molar-refractivity contribution in [1.29, 1.82) is 0 Å². The van der Waals surface area contributed by atoms with Crippen LogP contribution in [0, 0.1) is 3.57 Å². The fourth-order valence-corrected chi connectivity index (χ4v) is 2.47. The Bertz CT molecular complexity index is 743. The zero-order valence-corrected chi connectivity index (χ0v) is 16.1. The number of hydrogen-bond acceptors (Lipinski definition) is 3. The number of carbonyl (C=O) groups excluding carboxylic acids is 2. The molecule has 0 unspecified atom stereocenters. The van der Waals surface area contributed by atoms with E-state index in [0.29, 0.717) is 12.8 Å². The average molecular weight is 449 g/mol. The van der Waals surface area contributed by atoms with Gasteiger partial charge in [0.25, 0.3) is 0 Å². The van der Waals surface area contributed by atoms with Crippen molar-refractivity contribution < 1.29 is 9.59 Å². The van der Waals surface area contributed by atoms with E-state index in [1.54, 1.807) is 0 Å². The Morgan fingerprint density at radius 3 is 2.28 bits per heavy atom. The van der Waals surface area contributed by atoms with Gasteiger partial charge in [-0.25, -0.2) is 5.43 Å². The molecule has 0 saturated heterocycles. The first-order valence-corrected chi connectivity index (χ1v) is 9.06. The lowest BCUT2D eigenvalue weighted by molar-refractivity contribution is -0.121. The maximum Gasteiger partial charge on any atom is 0.240 e. The number of rotatable bonds is 7. The Morgan fingerprint density at radius 2 is 1.60 bits per heavy atom. The predicted octanol–water partition coefficient (Wildman–Crippen LogP) is 3.94. The molecule has 2 amide bonds. The lowest BCUT2D eigenvalue weighted by Crippen LogP contribution is -2.20. The first kappa shape index (κ1) is 19.1. The second kappa shape index (κ2) is 9.93. The first-order chi connectivity index (χ1) is 12.0. The fourth-order valence-electron chi connectivity index (χ4n) is 2.11. The van der Waals surface area contributed by atoms with Crippen LogP contribution in [0.1, 0.15) is 31.7 Å². The van der Waals surface area contributed by atoms with Gasteiger partial charge in [-0.15, -0.1) is 0 Å². The minimum Gasteiger partial charge on any atom is -0.326 e. The van der Waals surface area contributed by atoms with Crippen LogP contribution >= 0.6 is 22.6 Å². The smallest absolute Gasteiger partial charge is 0.240 e. The van der Waals surface area contributed by atoms with Crippen molar-refractivity contribution in [2.24, 2.45) is 5.10 Å². The maximum absolute atomic E-state index is 11.9. The number of amides is 2. The molecule has 5 nitrogen and oxygen atoms in total. The van der Waals surface area contributed by atoms with E-state index in [9.17, 15) is 9.59 Å². The van der Waals surface area contributed by atoms with Crippen LogP contribution in [0.25, 0.3) is 0 Å². The van der Waals surface area contributed by atoms with Crippen molar-refractivity contribution in [1.82, 2.24) is 5.43 Å². The lowest BCUT2D eigenvalue weighted by atomic mass is 10.1. The van der Waals surface area contributed by atoms with Crippen molar-refractivity contribution in [3.63, 3.8) is 0 Å². The third-order valence-corrected chi connectivity index (χ3v) is 4.19. The van der Waals surface area contributed by atoms with Gasteiger partial charge in [0.2, 0.25) is 11.8 Å². The molecule has 0 aromatic heterocycles. The number of carbonyl (C=O) groups is 2. The number of nitrogens with one attached hydrogen (secondary N) is 2. The molecule has 0 bridgehead atoms. The Labute approximate surface area is 161 Å². The quantitative estimate of drug-likeness (QED) is 0.382. The van der Waals surface area contributed by atoms with Gasteiger partial charge in [-0.2, -0.15) is 5.10 Å². The van der Waals surface area contributed by atoms with Crippen LogP contribution in [0.4, 0.5) is 5.69 Å². The van der Waals surface area contributed by atoms with Crippen molar-refractivity contribution >= 4 is 45.8 Å². The van der Waals surface area contributed by atoms with Gasteiger partial charge >= 0.3 is 0 Å². The Hall–Kier alpha value is -2.22. The van der Waals surface area contributed by atoms with Gasteiger partial charge in [-0.3, -0.25) is 9.59 Å². The molecule has 2 rings (SSSR count). The molecule has 0 aliphatic heterocycles. The van der Waals surface area contributed by atoms with Gasteiger partial charge in [0, 0.05) is 22.1 Å². The SMILES string of the molecule is C/C(=N\NC(=O)CCCC(=O)Nc1ccc(I)cc1)c1ccccc1. The van der Waals surface area contributed by atoms with Crippen molar-refractivity contribution in [3.8, 4) is 0 Å². The van der Waals surface area contributed by atoms with Crippen molar-refractivity contribution in [2.45, 2.75) is 26.2 Å². The molecule has 0 aliphatic rings. The van der Waals surface area contributed by atoms with Gasteiger partial charge in [0.1, 0.15) is 0 Å². The van der Waals surface area contributed by atoms with E-state index < -0.39 is 0 Å². The lowest BCUT2D eigenvalue weighted by Gasteiger charge is -2.05. The Balaban J connectivity index is 1.69. The zero-order valence-electron chi connectivity index (χ0n) is 14.0. The molecule has 130 valence electrons. The molecule has 0 fully saturated rings. The summed E-state index contributed by atoms with van der Waals surface area (Å²) in [5, 5.41) is 6.90. The summed E-state index contributed by atoms with van der Waals surface area (Å²) in [4.78, 5) is 23.7. The topological polar surface area (TPSA) is 70.6 Å². The van der Waals surface area contributed by atoms with E-state index in [1.807, 2.05) is 61.5 Å². The number of anilines is 1. The molecule has 2 aromatic rings.